The lowest BCUT2D eigenvalue weighted by atomic mass is 10.00. The topological polar surface area (TPSA) is 88.6 Å². The summed E-state index contributed by atoms with van der Waals surface area (Å²) in [6, 6.07) is 8.30. The highest BCUT2D eigenvalue weighted by Gasteiger charge is 2.32. The Bertz CT molecular complexity index is 1230. The number of fused-ring (bicyclic) bond motifs is 1. The molecular weight excluding hydrogens is 447 g/mol. The van der Waals surface area contributed by atoms with Gasteiger partial charge in [0.25, 0.3) is 0 Å². The van der Waals surface area contributed by atoms with Gasteiger partial charge in [-0.3, -0.25) is 14.6 Å². The number of halogens is 3. The summed E-state index contributed by atoms with van der Waals surface area (Å²) in [5.41, 5.74) is 1.14. The van der Waals surface area contributed by atoms with Gasteiger partial charge in [-0.15, -0.1) is 0 Å². The van der Waals surface area contributed by atoms with Gasteiger partial charge in [-0.05, 0) is 54.3 Å². The van der Waals surface area contributed by atoms with Crippen molar-refractivity contribution in [3.05, 3.63) is 73.2 Å². The Kier molecular flexibility index (Phi) is 5.72. The van der Waals surface area contributed by atoms with Crippen LogP contribution in [0.2, 0.25) is 0 Å². The highest BCUT2D eigenvalue weighted by atomic mass is 32.1. The van der Waals surface area contributed by atoms with E-state index in [1.54, 1.807) is 12.1 Å². The van der Waals surface area contributed by atoms with Crippen molar-refractivity contribution >= 4 is 17.3 Å². The number of H-pyrrole nitrogens is 1. The molecule has 0 unspecified atom stereocenters. The number of aryl methyl sites for hydroxylation is 1. The summed E-state index contributed by atoms with van der Waals surface area (Å²) in [7, 11) is 0. The van der Waals surface area contributed by atoms with Crippen molar-refractivity contribution < 1.29 is 32.5 Å². The third-order valence-electron chi connectivity index (χ3n) is 5.21. The predicted molar refractivity (Wildman–Crippen MR) is 110 cm³/mol. The average Bonchev–Trinajstić information content (AvgIpc) is 3.27. The molecule has 0 saturated carbocycles. The van der Waals surface area contributed by atoms with Gasteiger partial charge in [-0.2, -0.15) is 13.2 Å². The minimum absolute atomic E-state index is 0.0930. The Morgan fingerprint density at radius 1 is 1.25 bits per heavy atom. The highest BCUT2D eigenvalue weighted by Crippen LogP contribution is 2.44. The van der Waals surface area contributed by atoms with Crippen LogP contribution >= 0.6 is 11.3 Å². The van der Waals surface area contributed by atoms with E-state index in [-0.39, 0.29) is 34.6 Å². The molecule has 2 aromatic carbocycles. The molecule has 168 valence electrons. The molecule has 0 bridgehead atoms. The number of aromatic nitrogens is 1. The van der Waals surface area contributed by atoms with Crippen molar-refractivity contribution in [2.45, 2.75) is 38.5 Å². The van der Waals surface area contributed by atoms with Gasteiger partial charge in [0, 0.05) is 18.4 Å². The van der Waals surface area contributed by atoms with Crippen LogP contribution in [-0.4, -0.2) is 16.1 Å². The Morgan fingerprint density at radius 2 is 2.03 bits per heavy atom. The molecule has 0 amide bonds. The Morgan fingerprint density at radius 3 is 2.69 bits per heavy atom. The predicted octanol–water partition coefficient (Wildman–Crippen LogP) is 5.09. The maximum absolute atomic E-state index is 13.1. The van der Waals surface area contributed by atoms with Gasteiger partial charge in [0.05, 0.1) is 10.4 Å². The summed E-state index contributed by atoms with van der Waals surface area (Å²) in [6.07, 6.45) is -3.14. The maximum Gasteiger partial charge on any atom is 0.416 e. The molecule has 32 heavy (non-hydrogen) atoms. The fraction of sp³-hybridized carbons (Fsp3) is 0.273. The molecule has 1 aliphatic rings. The molecule has 6 nitrogen and oxygen atoms in total. The lowest BCUT2D eigenvalue weighted by molar-refractivity contribution is -0.142. The first-order valence-corrected chi connectivity index (χ1v) is 10.5. The summed E-state index contributed by atoms with van der Waals surface area (Å²) in [4.78, 5) is 25.3. The Hall–Kier alpha value is -3.27. The Labute approximate surface area is 184 Å². The molecule has 0 fully saturated rings. The van der Waals surface area contributed by atoms with Crippen LogP contribution in [-0.2, 0) is 28.7 Å². The number of benzene rings is 2. The summed E-state index contributed by atoms with van der Waals surface area (Å²) in [6.45, 7) is 0.817. The van der Waals surface area contributed by atoms with Crippen LogP contribution < -0.4 is 9.61 Å². The van der Waals surface area contributed by atoms with Gasteiger partial charge in [-0.1, -0.05) is 17.4 Å². The quantitative estimate of drug-likeness (QED) is 0.512. The van der Waals surface area contributed by atoms with Crippen LogP contribution in [0.15, 0.2) is 41.2 Å². The number of aromatic hydroxyl groups is 1. The van der Waals surface area contributed by atoms with E-state index < -0.39 is 17.7 Å². The normalized spacial score (nSPS) is 15.4. The van der Waals surface area contributed by atoms with Crippen LogP contribution in [0.25, 0.3) is 0 Å². The molecule has 0 aliphatic heterocycles. The van der Waals surface area contributed by atoms with Crippen LogP contribution in [0.4, 0.5) is 13.2 Å². The van der Waals surface area contributed by atoms with Crippen molar-refractivity contribution in [1.29, 1.82) is 0 Å². The van der Waals surface area contributed by atoms with Crippen molar-refractivity contribution in [3.63, 3.8) is 0 Å². The van der Waals surface area contributed by atoms with Crippen LogP contribution in [0.3, 0.4) is 0 Å². The number of hydrogen-bond donors (Lipinski definition) is 2. The highest BCUT2D eigenvalue weighted by molar-refractivity contribution is 7.09. The number of hydrogen-bond acceptors (Lipinski definition) is 6. The van der Waals surface area contributed by atoms with E-state index >= 15 is 0 Å². The molecule has 3 aromatic rings. The number of carbonyl (C=O) groups is 1. The minimum atomic E-state index is -4.54. The second-order valence-corrected chi connectivity index (χ2v) is 8.40. The van der Waals surface area contributed by atoms with Crippen molar-refractivity contribution in [2.75, 3.05) is 0 Å². The summed E-state index contributed by atoms with van der Waals surface area (Å²) in [5.74, 6) is -0.297. The summed E-state index contributed by atoms with van der Waals surface area (Å²) in [5, 5.41) is 9.98. The molecule has 0 radical (unpaired) electrons. The number of thiazole rings is 1. The van der Waals surface area contributed by atoms with E-state index in [9.17, 15) is 27.9 Å². The van der Waals surface area contributed by atoms with Gasteiger partial charge in [0.1, 0.15) is 18.1 Å². The van der Waals surface area contributed by atoms with E-state index in [0.717, 1.165) is 34.6 Å². The van der Waals surface area contributed by atoms with Gasteiger partial charge < -0.3 is 14.6 Å². The molecule has 1 aliphatic carbocycles. The maximum atomic E-state index is 13.1. The number of aromatic amines is 1. The number of rotatable bonds is 5. The molecular formula is C22H18F3NO5S. The van der Waals surface area contributed by atoms with E-state index in [1.165, 1.54) is 13.0 Å². The molecule has 0 saturated heterocycles. The number of nitrogens with one attached hydrogen (secondary N) is 1. The number of esters is 1. The van der Waals surface area contributed by atoms with Gasteiger partial charge in [0.2, 0.25) is 5.88 Å². The first-order chi connectivity index (χ1) is 15.1. The largest absolute Gasteiger partial charge is 0.494 e. The van der Waals surface area contributed by atoms with Crippen LogP contribution in [0, 0.1) is 0 Å². The number of carbonyl (C=O) groups excluding carboxylic acids is 1. The van der Waals surface area contributed by atoms with Gasteiger partial charge in [0.15, 0.2) is 0 Å². The summed E-state index contributed by atoms with van der Waals surface area (Å²) >= 11 is 0.969. The first-order valence-electron chi connectivity index (χ1n) is 9.68. The molecule has 1 atom stereocenters. The van der Waals surface area contributed by atoms with Crippen LogP contribution in [0.5, 0.6) is 17.4 Å². The summed E-state index contributed by atoms with van der Waals surface area (Å²) < 4.78 is 50.0. The molecule has 1 heterocycles. The average molecular weight is 465 g/mol. The third-order valence-corrected chi connectivity index (χ3v) is 6.20. The van der Waals surface area contributed by atoms with E-state index in [0.29, 0.717) is 23.5 Å². The molecule has 10 heteroatoms. The monoisotopic (exact) mass is 465 g/mol. The number of alkyl halides is 3. The smallest absolute Gasteiger partial charge is 0.416 e. The zero-order valence-electron chi connectivity index (χ0n) is 16.8. The molecule has 1 aromatic heterocycles. The fourth-order valence-electron chi connectivity index (χ4n) is 3.77. The zero-order valence-corrected chi connectivity index (χ0v) is 17.6. The lowest BCUT2D eigenvalue weighted by Crippen LogP contribution is -2.07. The van der Waals surface area contributed by atoms with Crippen molar-refractivity contribution in [3.8, 4) is 17.4 Å². The number of ether oxygens (including phenoxy) is 2. The van der Waals surface area contributed by atoms with Gasteiger partial charge >= 0.3 is 17.0 Å². The van der Waals surface area contributed by atoms with Crippen molar-refractivity contribution in [2.24, 2.45) is 0 Å². The third kappa shape index (κ3) is 4.50. The zero-order chi connectivity index (χ0) is 23.0. The second kappa shape index (κ2) is 8.34. The minimum Gasteiger partial charge on any atom is -0.494 e. The molecule has 2 N–H and O–H groups in total. The standard InChI is InChI=1S/C22H18F3NO5S/c1-11(27)30-10-13-8-14(22(23,24)25)3-7-18(13)31-15-4-6-16-12(9-15)2-5-17(16)19-20(28)26-21(29)32-19/h3-4,6-9,17,28H,2,5,10H2,1H3,(H,26,29)/t17-/m1/s1. The van der Waals surface area contributed by atoms with E-state index in [1.807, 2.05) is 6.07 Å². The fourth-order valence-corrected chi connectivity index (χ4v) is 4.65. The lowest BCUT2D eigenvalue weighted by Gasteiger charge is -2.15. The SMILES string of the molecule is CC(=O)OCc1cc(C(F)(F)F)ccc1Oc1ccc2c(c1)CC[C@H]2c1sc(=O)[nH]c1O. The van der Waals surface area contributed by atoms with Crippen LogP contribution in [0.1, 0.15) is 46.4 Å². The molecule has 4 rings (SSSR count). The first kappa shape index (κ1) is 21.9. The van der Waals surface area contributed by atoms with E-state index in [4.69, 9.17) is 9.47 Å². The second-order valence-electron chi connectivity index (χ2n) is 7.38. The molecule has 0 spiro atoms. The van der Waals surface area contributed by atoms with Gasteiger partial charge in [-0.25, -0.2) is 0 Å². The van der Waals surface area contributed by atoms with Crippen molar-refractivity contribution in [1.82, 2.24) is 4.98 Å². The van der Waals surface area contributed by atoms with E-state index in [2.05, 4.69) is 4.98 Å². The Balaban J connectivity index is 1.61.